The zero-order chi connectivity index (χ0) is 13.5. The van der Waals surface area contributed by atoms with Gasteiger partial charge in [-0.2, -0.15) is 0 Å². The van der Waals surface area contributed by atoms with Crippen molar-refractivity contribution in [2.45, 2.75) is 64.0 Å². The van der Waals surface area contributed by atoms with Crippen LogP contribution in [0, 0.1) is 0 Å². The van der Waals surface area contributed by atoms with Gasteiger partial charge in [0.25, 0.3) is 0 Å². The summed E-state index contributed by atoms with van der Waals surface area (Å²) in [6, 6.07) is -0.805. The normalized spacial score (nSPS) is 18.8. The minimum atomic E-state index is -0.948. The topological polar surface area (TPSA) is 69.6 Å². The average molecular weight is 256 g/mol. The molecular formula is C13H24N2O3. The maximum absolute atomic E-state index is 12.0. The highest BCUT2D eigenvalue weighted by molar-refractivity contribution is 5.82. The van der Waals surface area contributed by atoms with Crippen molar-refractivity contribution in [2.75, 3.05) is 7.05 Å². The van der Waals surface area contributed by atoms with Crippen LogP contribution < -0.4 is 5.32 Å². The predicted octanol–water partition coefficient (Wildman–Crippen LogP) is 2.21. The highest BCUT2D eigenvalue weighted by Crippen LogP contribution is 2.17. The van der Waals surface area contributed by atoms with Crippen molar-refractivity contribution in [3.05, 3.63) is 0 Å². The number of aliphatic carboxylic acids is 1. The van der Waals surface area contributed by atoms with Crippen molar-refractivity contribution in [1.29, 1.82) is 0 Å². The fourth-order valence-electron chi connectivity index (χ4n) is 2.46. The summed E-state index contributed by atoms with van der Waals surface area (Å²) < 4.78 is 0. The highest BCUT2D eigenvalue weighted by atomic mass is 16.4. The molecule has 0 spiro atoms. The molecule has 1 aliphatic carbocycles. The average Bonchev–Trinajstić information content (AvgIpc) is 2.57. The Bertz CT molecular complexity index is 286. The highest BCUT2D eigenvalue weighted by Gasteiger charge is 2.26. The van der Waals surface area contributed by atoms with Crippen LogP contribution in [-0.4, -0.2) is 41.1 Å². The predicted molar refractivity (Wildman–Crippen MR) is 69.5 cm³/mol. The van der Waals surface area contributed by atoms with Crippen molar-refractivity contribution < 1.29 is 14.7 Å². The molecule has 0 aliphatic heterocycles. The zero-order valence-corrected chi connectivity index (χ0v) is 11.3. The van der Waals surface area contributed by atoms with Crippen molar-refractivity contribution >= 4 is 12.0 Å². The molecule has 1 atom stereocenters. The number of hydrogen-bond donors (Lipinski definition) is 2. The smallest absolute Gasteiger partial charge is 0.326 e. The Balaban J connectivity index is 2.49. The summed E-state index contributed by atoms with van der Waals surface area (Å²) in [4.78, 5) is 24.3. The second-order valence-electron chi connectivity index (χ2n) is 5.01. The summed E-state index contributed by atoms with van der Waals surface area (Å²) >= 11 is 0. The summed E-state index contributed by atoms with van der Waals surface area (Å²) in [5.41, 5.74) is 0. The number of carboxylic acids is 1. The van der Waals surface area contributed by atoms with Gasteiger partial charge in [-0.1, -0.05) is 32.6 Å². The number of rotatable bonds is 4. The molecule has 0 aromatic carbocycles. The quantitative estimate of drug-likeness (QED) is 0.758. The molecule has 0 aromatic rings. The van der Waals surface area contributed by atoms with E-state index in [9.17, 15) is 9.59 Å². The van der Waals surface area contributed by atoms with Gasteiger partial charge >= 0.3 is 12.0 Å². The zero-order valence-electron chi connectivity index (χ0n) is 11.3. The second kappa shape index (κ2) is 7.24. The molecule has 1 unspecified atom stereocenters. The van der Waals surface area contributed by atoms with Crippen LogP contribution in [0.1, 0.15) is 51.9 Å². The third-order valence-electron chi connectivity index (χ3n) is 3.64. The molecule has 0 radical (unpaired) electrons. The third-order valence-corrected chi connectivity index (χ3v) is 3.64. The van der Waals surface area contributed by atoms with Crippen molar-refractivity contribution in [3.8, 4) is 0 Å². The standard InChI is InChI=1S/C13H24N2O3/c1-3-11(12(16)17)15(2)13(18)14-10-8-6-4-5-7-9-10/h10-11H,3-9H2,1-2H3,(H,14,18)(H,16,17). The molecule has 0 aromatic heterocycles. The van der Waals surface area contributed by atoms with Gasteiger partial charge < -0.3 is 15.3 Å². The van der Waals surface area contributed by atoms with Gasteiger partial charge in [-0.3, -0.25) is 0 Å². The second-order valence-corrected chi connectivity index (χ2v) is 5.01. The molecule has 1 saturated carbocycles. The third kappa shape index (κ3) is 4.20. The van der Waals surface area contributed by atoms with Gasteiger partial charge in [0.15, 0.2) is 0 Å². The molecule has 1 rings (SSSR count). The molecule has 18 heavy (non-hydrogen) atoms. The van der Waals surface area contributed by atoms with Crippen LogP contribution in [0.15, 0.2) is 0 Å². The van der Waals surface area contributed by atoms with Crippen LogP contribution >= 0.6 is 0 Å². The minimum absolute atomic E-state index is 0.203. The first-order valence-electron chi connectivity index (χ1n) is 6.82. The largest absolute Gasteiger partial charge is 0.480 e. The summed E-state index contributed by atoms with van der Waals surface area (Å²) in [6.07, 6.45) is 7.18. The Hall–Kier alpha value is -1.26. The van der Waals surface area contributed by atoms with Crippen LogP contribution in [0.3, 0.4) is 0 Å². The van der Waals surface area contributed by atoms with E-state index in [1.165, 1.54) is 17.7 Å². The van der Waals surface area contributed by atoms with Crippen molar-refractivity contribution in [2.24, 2.45) is 0 Å². The minimum Gasteiger partial charge on any atom is -0.480 e. The van der Waals surface area contributed by atoms with Gasteiger partial charge in [0.1, 0.15) is 6.04 Å². The van der Waals surface area contributed by atoms with E-state index < -0.39 is 12.0 Å². The van der Waals surface area contributed by atoms with E-state index in [0.717, 1.165) is 25.7 Å². The van der Waals surface area contributed by atoms with Gasteiger partial charge in [0, 0.05) is 13.1 Å². The lowest BCUT2D eigenvalue weighted by Gasteiger charge is -2.26. The van der Waals surface area contributed by atoms with E-state index in [2.05, 4.69) is 5.32 Å². The molecule has 1 aliphatic rings. The number of carbonyl (C=O) groups is 2. The van der Waals surface area contributed by atoms with Gasteiger partial charge in [-0.15, -0.1) is 0 Å². The molecule has 104 valence electrons. The van der Waals surface area contributed by atoms with Gasteiger partial charge in [-0.25, -0.2) is 9.59 Å². The fourth-order valence-corrected chi connectivity index (χ4v) is 2.46. The van der Waals surface area contributed by atoms with E-state index in [1.54, 1.807) is 14.0 Å². The molecular weight excluding hydrogens is 232 g/mol. The Labute approximate surface area is 109 Å². The summed E-state index contributed by atoms with van der Waals surface area (Å²) in [5, 5.41) is 12.0. The van der Waals surface area contributed by atoms with Crippen LogP contribution in [0.2, 0.25) is 0 Å². The van der Waals surface area contributed by atoms with E-state index in [-0.39, 0.29) is 12.1 Å². The Kier molecular flexibility index (Phi) is 5.95. The summed E-state index contributed by atoms with van der Waals surface area (Å²) in [6.45, 7) is 1.77. The first-order valence-corrected chi connectivity index (χ1v) is 6.82. The summed E-state index contributed by atoms with van der Waals surface area (Å²) in [7, 11) is 1.55. The maximum atomic E-state index is 12.0. The maximum Gasteiger partial charge on any atom is 0.326 e. The molecule has 2 amide bonds. The number of likely N-dealkylation sites (N-methyl/N-ethyl adjacent to an activating group) is 1. The van der Waals surface area contributed by atoms with Crippen LogP contribution in [0.5, 0.6) is 0 Å². The van der Waals surface area contributed by atoms with Gasteiger partial charge in [0.05, 0.1) is 0 Å². The lowest BCUT2D eigenvalue weighted by molar-refractivity contribution is -0.141. The van der Waals surface area contributed by atoms with E-state index >= 15 is 0 Å². The first-order chi connectivity index (χ1) is 8.56. The number of nitrogens with one attached hydrogen (secondary N) is 1. The van der Waals surface area contributed by atoms with Gasteiger partial charge in [0.2, 0.25) is 0 Å². The van der Waals surface area contributed by atoms with Crippen LogP contribution in [0.4, 0.5) is 4.79 Å². The molecule has 5 heteroatoms. The molecule has 0 bridgehead atoms. The Morgan fingerprint density at radius 1 is 1.28 bits per heavy atom. The van der Waals surface area contributed by atoms with Crippen LogP contribution in [0.25, 0.3) is 0 Å². The number of hydrogen-bond acceptors (Lipinski definition) is 2. The number of urea groups is 1. The first kappa shape index (κ1) is 14.8. The Morgan fingerprint density at radius 3 is 2.28 bits per heavy atom. The molecule has 0 saturated heterocycles. The van der Waals surface area contributed by atoms with Crippen LogP contribution in [-0.2, 0) is 4.79 Å². The monoisotopic (exact) mass is 256 g/mol. The van der Waals surface area contributed by atoms with Crippen molar-refractivity contribution in [1.82, 2.24) is 10.2 Å². The van der Waals surface area contributed by atoms with E-state index in [0.29, 0.717) is 6.42 Å². The molecule has 2 N–H and O–H groups in total. The lowest BCUT2D eigenvalue weighted by atomic mass is 10.1. The number of nitrogens with zero attached hydrogens (tertiary/aromatic N) is 1. The van der Waals surface area contributed by atoms with Crippen molar-refractivity contribution in [3.63, 3.8) is 0 Å². The number of amides is 2. The molecule has 1 fully saturated rings. The lowest BCUT2D eigenvalue weighted by Crippen LogP contribution is -2.49. The molecule has 5 nitrogen and oxygen atoms in total. The molecule has 0 heterocycles. The van der Waals surface area contributed by atoms with Gasteiger partial charge in [-0.05, 0) is 19.3 Å². The van der Waals surface area contributed by atoms with E-state index in [1.807, 2.05) is 0 Å². The number of carbonyl (C=O) groups excluding carboxylic acids is 1. The number of carboxylic acid groups (broad SMARTS) is 1. The fraction of sp³-hybridized carbons (Fsp3) is 0.846. The summed E-state index contributed by atoms with van der Waals surface area (Å²) in [5.74, 6) is -0.948. The van der Waals surface area contributed by atoms with E-state index in [4.69, 9.17) is 5.11 Å². The Morgan fingerprint density at radius 2 is 1.83 bits per heavy atom. The SMILES string of the molecule is CCC(C(=O)O)N(C)C(=O)NC1CCCCCC1.